The Morgan fingerprint density at radius 1 is 1.06 bits per heavy atom. The highest BCUT2D eigenvalue weighted by molar-refractivity contribution is 14.0. The maximum Gasteiger partial charge on any atom is 0.234 e. The monoisotopic (exact) mass is 537 g/mol. The zero-order valence-electron chi connectivity index (χ0n) is 18.7. The Hall–Kier alpha value is -1.87. The second-order valence-electron chi connectivity index (χ2n) is 7.88. The molecular formula is C24H36IN5O. The van der Waals surface area contributed by atoms with Crippen LogP contribution in [0.25, 0.3) is 10.8 Å². The number of fused-ring (bicyclic) bond motifs is 1. The van der Waals surface area contributed by atoms with E-state index in [1.165, 1.54) is 16.3 Å². The van der Waals surface area contributed by atoms with Crippen LogP contribution in [0.5, 0.6) is 0 Å². The SMILES string of the molecule is CCCNC(=O)CN1CCC(NC(=NCc2cccc3ccccc23)NCC)CC1.I. The number of carbonyl (C=O) groups is 1. The van der Waals surface area contributed by atoms with Crippen molar-refractivity contribution in [2.24, 2.45) is 4.99 Å². The highest BCUT2D eigenvalue weighted by atomic mass is 127. The summed E-state index contributed by atoms with van der Waals surface area (Å²) in [6.45, 7) is 8.76. The van der Waals surface area contributed by atoms with Gasteiger partial charge in [-0.15, -0.1) is 24.0 Å². The summed E-state index contributed by atoms with van der Waals surface area (Å²) >= 11 is 0. The molecule has 6 nitrogen and oxygen atoms in total. The zero-order valence-corrected chi connectivity index (χ0v) is 21.0. The third kappa shape index (κ3) is 7.96. The Kier molecular flexibility index (Phi) is 11.1. The molecule has 2 aromatic rings. The van der Waals surface area contributed by atoms with Gasteiger partial charge in [0.15, 0.2) is 5.96 Å². The topological polar surface area (TPSA) is 68.8 Å². The molecule has 1 aliphatic rings. The third-order valence-electron chi connectivity index (χ3n) is 5.50. The largest absolute Gasteiger partial charge is 0.357 e. The average Bonchev–Trinajstić information content (AvgIpc) is 2.77. The Balaban J connectivity index is 0.00000341. The predicted molar refractivity (Wildman–Crippen MR) is 140 cm³/mol. The van der Waals surface area contributed by atoms with Crippen LogP contribution < -0.4 is 16.0 Å². The summed E-state index contributed by atoms with van der Waals surface area (Å²) in [4.78, 5) is 19.0. The Morgan fingerprint density at radius 3 is 2.55 bits per heavy atom. The number of hydrogen-bond acceptors (Lipinski definition) is 3. The molecule has 1 aliphatic heterocycles. The lowest BCUT2D eigenvalue weighted by atomic mass is 10.0. The van der Waals surface area contributed by atoms with Crippen molar-refractivity contribution >= 4 is 46.6 Å². The molecule has 1 saturated heterocycles. The number of piperidine rings is 1. The lowest BCUT2D eigenvalue weighted by Crippen LogP contribution is -2.50. The first-order chi connectivity index (χ1) is 14.7. The summed E-state index contributed by atoms with van der Waals surface area (Å²) in [7, 11) is 0. The van der Waals surface area contributed by atoms with E-state index in [1.54, 1.807) is 0 Å². The van der Waals surface area contributed by atoms with Gasteiger partial charge in [-0.3, -0.25) is 9.69 Å². The summed E-state index contributed by atoms with van der Waals surface area (Å²) in [6.07, 6.45) is 3.00. The molecule has 0 aliphatic carbocycles. The molecule has 0 atom stereocenters. The second-order valence-corrected chi connectivity index (χ2v) is 7.88. The van der Waals surface area contributed by atoms with E-state index in [4.69, 9.17) is 4.99 Å². The van der Waals surface area contributed by atoms with E-state index in [0.29, 0.717) is 19.1 Å². The molecular weight excluding hydrogens is 501 g/mol. The van der Waals surface area contributed by atoms with E-state index in [0.717, 1.165) is 51.4 Å². The molecule has 0 aromatic heterocycles. The summed E-state index contributed by atoms with van der Waals surface area (Å²) in [5.74, 6) is 0.998. The smallest absolute Gasteiger partial charge is 0.234 e. The fourth-order valence-electron chi connectivity index (χ4n) is 3.87. The van der Waals surface area contributed by atoms with Gasteiger partial charge in [0.05, 0.1) is 13.1 Å². The van der Waals surface area contributed by atoms with Crippen molar-refractivity contribution in [1.82, 2.24) is 20.9 Å². The van der Waals surface area contributed by atoms with E-state index in [1.807, 2.05) is 0 Å². The van der Waals surface area contributed by atoms with E-state index in [-0.39, 0.29) is 29.9 Å². The molecule has 1 heterocycles. The van der Waals surface area contributed by atoms with Gasteiger partial charge in [0, 0.05) is 32.2 Å². The molecule has 3 N–H and O–H groups in total. The van der Waals surface area contributed by atoms with Crippen molar-refractivity contribution in [3.8, 4) is 0 Å². The van der Waals surface area contributed by atoms with Crippen molar-refractivity contribution in [3.63, 3.8) is 0 Å². The van der Waals surface area contributed by atoms with Crippen molar-refractivity contribution in [2.75, 3.05) is 32.7 Å². The van der Waals surface area contributed by atoms with Gasteiger partial charge >= 0.3 is 0 Å². The molecule has 0 saturated carbocycles. The van der Waals surface area contributed by atoms with Crippen LogP contribution in [0.3, 0.4) is 0 Å². The van der Waals surface area contributed by atoms with Crippen LogP contribution in [0, 0.1) is 0 Å². The van der Waals surface area contributed by atoms with E-state index >= 15 is 0 Å². The maximum atomic E-state index is 11.9. The molecule has 0 unspecified atom stereocenters. The van der Waals surface area contributed by atoms with Crippen LogP contribution in [0.2, 0.25) is 0 Å². The van der Waals surface area contributed by atoms with Crippen molar-refractivity contribution in [1.29, 1.82) is 0 Å². The lowest BCUT2D eigenvalue weighted by Gasteiger charge is -2.32. The van der Waals surface area contributed by atoms with Gasteiger partial charge in [-0.1, -0.05) is 49.4 Å². The van der Waals surface area contributed by atoms with Gasteiger partial charge in [-0.25, -0.2) is 4.99 Å². The molecule has 0 spiro atoms. The Morgan fingerprint density at radius 2 is 1.81 bits per heavy atom. The van der Waals surface area contributed by atoms with Crippen LogP contribution in [-0.2, 0) is 11.3 Å². The van der Waals surface area contributed by atoms with Gasteiger partial charge in [-0.2, -0.15) is 0 Å². The van der Waals surface area contributed by atoms with E-state index in [9.17, 15) is 4.79 Å². The summed E-state index contributed by atoms with van der Waals surface area (Å²) in [5, 5.41) is 12.4. The number of nitrogens with one attached hydrogen (secondary N) is 3. The summed E-state index contributed by atoms with van der Waals surface area (Å²) < 4.78 is 0. The molecule has 3 rings (SSSR count). The molecule has 0 radical (unpaired) electrons. The number of nitrogens with zero attached hydrogens (tertiary/aromatic N) is 2. The van der Waals surface area contributed by atoms with Crippen LogP contribution in [0.4, 0.5) is 0 Å². The predicted octanol–water partition coefficient (Wildman–Crippen LogP) is 3.50. The number of hydrogen-bond donors (Lipinski definition) is 3. The number of carbonyl (C=O) groups excluding carboxylic acids is 1. The number of rotatable bonds is 8. The molecule has 1 fully saturated rings. The first-order valence-corrected chi connectivity index (χ1v) is 11.2. The van der Waals surface area contributed by atoms with E-state index < -0.39 is 0 Å². The van der Waals surface area contributed by atoms with Gasteiger partial charge in [0.2, 0.25) is 5.91 Å². The average molecular weight is 537 g/mol. The second kappa shape index (κ2) is 13.5. The van der Waals surface area contributed by atoms with Gasteiger partial charge < -0.3 is 16.0 Å². The molecule has 0 bridgehead atoms. The van der Waals surface area contributed by atoms with Crippen molar-refractivity contribution in [3.05, 3.63) is 48.0 Å². The standard InChI is InChI=1S/C24H35N5O.HI/c1-3-14-26-23(30)18-29-15-12-21(13-16-29)28-24(25-4-2)27-17-20-10-7-9-19-8-5-6-11-22(19)20;/h5-11,21H,3-4,12-18H2,1-2H3,(H,26,30)(H2,25,27,28);1H. The number of halogens is 1. The van der Waals surface area contributed by atoms with Crippen LogP contribution in [-0.4, -0.2) is 55.5 Å². The quantitative estimate of drug-likeness (QED) is 0.274. The lowest BCUT2D eigenvalue weighted by molar-refractivity contribution is -0.122. The minimum Gasteiger partial charge on any atom is -0.357 e. The molecule has 7 heteroatoms. The zero-order chi connectivity index (χ0) is 21.2. The van der Waals surface area contributed by atoms with E-state index in [2.05, 4.69) is 77.2 Å². The summed E-state index contributed by atoms with van der Waals surface area (Å²) in [5.41, 5.74) is 1.23. The highest BCUT2D eigenvalue weighted by Gasteiger charge is 2.21. The van der Waals surface area contributed by atoms with Crippen molar-refractivity contribution < 1.29 is 4.79 Å². The molecule has 31 heavy (non-hydrogen) atoms. The third-order valence-corrected chi connectivity index (χ3v) is 5.50. The van der Waals surface area contributed by atoms with Crippen LogP contribution >= 0.6 is 24.0 Å². The Labute approximate surface area is 203 Å². The fourth-order valence-corrected chi connectivity index (χ4v) is 3.87. The minimum absolute atomic E-state index is 0. The fraction of sp³-hybridized carbons (Fsp3) is 0.500. The van der Waals surface area contributed by atoms with Gasteiger partial charge in [0.25, 0.3) is 0 Å². The number of benzene rings is 2. The molecule has 1 amide bonds. The van der Waals surface area contributed by atoms with Crippen LogP contribution in [0.1, 0.15) is 38.7 Å². The minimum atomic E-state index is 0. The van der Waals surface area contributed by atoms with Crippen molar-refractivity contribution in [2.45, 2.75) is 45.7 Å². The van der Waals surface area contributed by atoms with Crippen LogP contribution in [0.15, 0.2) is 47.5 Å². The summed E-state index contributed by atoms with van der Waals surface area (Å²) in [6, 6.07) is 15.2. The maximum absolute atomic E-state index is 11.9. The molecule has 2 aromatic carbocycles. The highest BCUT2D eigenvalue weighted by Crippen LogP contribution is 2.19. The number of guanidine groups is 1. The first-order valence-electron chi connectivity index (χ1n) is 11.2. The first kappa shape index (κ1) is 25.4. The number of amides is 1. The Bertz CT molecular complexity index is 843. The van der Waals surface area contributed by atoms with Gasteiger partial charge in [-0.05, 0) is 42.5 Å². The molecule has 170 valence electrons. The van der Waals surface area contributed by atoms with Gasteiger partial charge in [0.1, 0.15) is 0 Å². The normalized spacial score (nSPS) is 15.4. The number of aliphatic imine (C=N–C) groups is 1. The number of likely N-dealkylation sites (tertiary alicyclic amines) is 1.